The van der Waals surface area contributed by atoms with E-state index in [2.05, 4.69) is 54.0 Å². The maximum atomic E-state index is 4.38. The van der Waals surface area contributed by atoms with Crippen molar-refractivity contribution >= 4 is 0 Å². The van der Waals surface area contributed by atoms with E-state index in [9.17, 15) is 0 Å². The van der Waals surface area contributed by atoms with E-state index >= 15 is 0 Å². The van der Waals surface area contributed by atoms with Gasteiger partial charge in [-0.1, -0.05) is 44.2 Å². The van der Waals surface area contributed by atoms with E-state index in [0.717, 1.165) is 6.54 Å². The number of rotatable bonds is 4. The predicted molar refractivity (Wildman–Crippen MR) is 67.1 cm³/mol. The lowest BCUT2D eigenvalue weighted by Gasteiger charge is -2.09. The van der Waals surface area contributed by atoms with Gasteiger partial charge < -0.3 is 0 Å². The van der Waals surface area contributed by atoms with Crippen molar-refractivity contribution in [2.45, 2.75) is 26.8 Å². The van der Waals surface area contributed by atoms with Crippen LogP contribution in [0.5, 0.6) is 0 Å². The molecule has 84 valence electrons. The van der Waals surface area contributed by atoms with E-state index in [0.29, 0.717) is 5.92 Å². The number of benzene rings is 1. The highest BCUT2D eigenvalue weighted by molar-refractivity contribution is 5.58. The molecule has 1 heterocycles. The number of nitrogens with zero attached hydrogens (tertiary/aromatic N) is 2. The van der Waals surface area contributed by atoms with Crippen LogP contribution in [-0.4, -0.2) is 9.78 Å². The minimum absolute atomic E-state index is 0.716. The number of hydrogen-bond acceptors (Lipinski definition) is 1. The summed E-state index contributed by atoms with van der Waals surface area (Å²) in [6.45, 7) is 5.48. The molecular weight excluding hydrogens is 196 g/mol. The van der Waals surface area contributed by atoms with Crippen molar-refractivity contribution in [2.24, 2.45) is 5.92 Å². The van der Waals surface area contributed by atoms with Crippen molar-refractivity contribution in [3.63, 3.8) is 0 Å². The van der Waals surface area contributed by atoms with Gasteiger partial charge in [0.25, 0.3) is 0 Å². The molecule has 1 aromatic carbocycles. The van der Waals surface area contributed by atoms with Crippen LogP contribution in [0, 0.1) is 5.92 Å². The molecule has 2 heteroatoms. The first-order valence-electron chi connectivity index (χ1n) is 5.84. The average molecular weight is 214 g/mol. The minimum atomic E-state index is 0.716. The van der Waals surface area contributed by atoms with Crippen LogP contribution in [0.15, 0.2) is 42.6 Å². The van der Waals surface area contributed by atoms with Crippen LogP contribution < -0.4 is 0 Å². The third-order valence-electron chi connectivity index (χ3n) is 2.70. The zero-order valence-corrected chi connectivity index (χ0v) is 9.93. The first-order valence-corrected chi connectivity index (χ1v) is 5.84. The molecule has 0 fully saturated rings. The Morgan fingerprint density at radius 2 is 1.88 bits per heavy atom. The van der Waals surface area contributed by atoms with E-state index in [1.807, 2.05) is 12.3 Å². The van der Waals surface area contributed by atoms with Gasteiger partial charge in [0.15, 0.2) is 0 Å². The lowest BCUT2D eigenvalue weighted by Crippen LogP contribution is -2.04. The molecular formula is C14H18N2. The quantitative estimate of drug-likeness (QED) is 0.760. The van der Waals surface area contributed by atoms with Gasteiger partial charge in [-0.15, -0.1) is 0 Å². The zero-order chi connectivity index (χ0) is 11.4. The topological polar surface area (TPSA) is 17.8 Å². The van der Waals surface area contributed by atoms with Crippen molar-refractivity contribution in [1.82, 2.24) is 9.78 Å². The molecule has 0 aliphatic carbocycles. The van der Waals surface area contributed by atoms with Gasteiger partial charge in [-0.2, -0.15) is 5.10 Å². The molecule has 0 radical (unpaired) electrons. The molecule has 0 bridgehead atoms. The third-order valence-corrected chi connectivity index (χ3v) is 2.70. The second-order valence-corrected chi connectivity index (χ2v) is 4.49. The summed E-state index contributed by atoms with van der Waals surface area (Å²) in [5, 5.41) is 4.38. The highest BCUT2D eigenvalue weighted by atomic mass is 15.3. The molecule has 0 saturated carbocycles. The summed E-state index contributed by atoms with van der Waals surface area (Å²) in [7, 11) is 0. The molecule has 0 aliphatic rings. The van der Waals surface area contributed by atoms with Crippen LogP contribution >= 0.6 is 0 Å². The Labute approximate surface area is 96.9 Å². The van der Waals surface area contributed by atoms with E-state index in [-0.39, 0.29) is 0 Å². The van der Waals surface area contributed by atoms with Crippen LogP contribution in [0.1, 0.15) is 20.3 Å². The van der Waals surface area contributed by atoms with Gasteiger partial charge in [0.05, 0.1) is 5.69 Å². The maximum Gasteiger partial charge on any atom is 0.0682 e. The molecule has 2 aromatic rings. The Kier molecular flexibility index (Phi) is 3.40. The monoisotopic (exact) mass is 214 g/mol. The van der Waals surface area contributed by atoms with Crippen molar-refractivity contribution in [3.8, 4) is 11.3 Å². The van der Waals surface area contributed by atoms with Gasteiger partial charge in [0.1, 0.15) is 0 Å². The predicted octanol–water partition coefficient (Wildman–Crippen LogP) is 3.60. The highest BCUT2D eigenvalue weighted by Crippen LogP contribution is 2.18. The third kappa shape index (κ3) is 2.51. The Balaban J connectivity index is 2.19. The molecule has 0 atom stereocenters. The first kappa shape index (κ1) is 10.9. The Morgan fingerprint density at radius 1 is 1.12 bits per heavy atom. The molecule has 0 saturated heterocycles. The Morgan fingerprint density at radius 3 is 2.56 bits per heavy atom. The van der Waals surface area contributed by atoms with E-state index in [4.69, 9.17) is 0 Å². The lowest BCUT2D eigenvalue weighted by molar-refractivity contribution is 0.490. The molecule has 1 aromatic heterocycles. The van der Waals surface area contributed by atoms with Crippen molar-refractivity contribution < 1.29 is 0 Å². The molecule has 0 amide bonds. The summed E-state index contributed by atoms with van der Waals surface area (Å²) >= 11 is 0. The van der Waals surface area contributed by atoms with Crippen molar-refractivity contribution in [3.05, 3.63) is 42.6 Å². The fourth-order valence-electron chi connectivity index (χ4n) is 1.75. The summed E-state index contributed by atoms with van der Waals surface area (Å²) in [4.78, 5) is 0. The molecule has 0 aliphatic heterocycles. The smallest absolute Gasteiger partial charge is 0.0682 e. The van der Waals surface area contributed by atoms with Crippen molar-refractivity contribution in [2.75, 3.05) is 0 Å². The molecule has 2 nitrogen and oxygen atoms in total. The second kappa shape index (κ2) is 4.97. The standard InChI is InChI=1S/C14H18N2/c1-12(2)9-11-16-14(8-10-15-16)13-6-4-3-5-7-13/h3-8,10,12H,9,11H2,1-2H3. The summed E-state index contributed by atoms with van der Waals surface area (Å²) < 4.78 is 2.09. The zero-order valence-electron chi connectivity index (χ0n) is 9.93. The molecule has 2 rings (SSSR count). The SMILES string of the molecule is CC(C)CCn1nccc1-c1ccccc1. The summed E-state index contributed by atoms with van der Waals surface area (Å²) in [5.74, 6) is 0.716. The van der Waals surface area contributed by atoms with Gasteiger partial charge in [0.2, 0.25) is 0 Å². The lowest BCUT2D eigenvalue weighted by atomic mass is 10.1. The Hall–Kier alpha value is -1.57. The largest absolute Gasteiger partial charge is 0.265 e. The van der Waals surface area contributed by atoms with Crippen LogP contribution in [-0.2, 0) is 6.54 Å². The van der Waals surface area contributed by atoms with Gasteiger partial charge >= 0.3 is 0 Å². The minimum Gasteiger partial charge on any atom is -0.265 e. The van der Waals surface area contributed by atoms with Crippen LogP contribution in [0.2, 0.25) is 0 Å². The van der Waals surface area contributed by atoms with Crippen molar-refractivity contribution in [1.29, 1.82) is 0 Å². The molecule has 0 unspecified atom stereocenters. The summed E-state index contributed by atoms with van der Waals surface area (Å²) in [6.07, 6.45) is 3.05. The van der Waals surface area contributed by atoms with E-state index in [1.165, 1.54) is 17.7 Å². The fourth-order valence-corrected chi connectivity index (χ4v) is 1.75. The van der Waals surface area contributed by atoms with Gasteiger partial charge in [-0.05, 0) is 24.0 Å². The van der Waals surface area contributed by atoms with E-state index in [1.54, 1.807) is 0 Å². The molecule has 0 spiro atoms. The molecule has 0 N–H and O–H groups in total. The number of aromatic nitrogens is 2. The fraction of sp³-hybridized carbons (Fsp3) is 0.357. The normalized spacial score (nSPS) is 10.9. The summed E-state index contributed by atoms with van der Waals surface area (Å²) in [5.41, 5.74) is 2.45. The van der Waals surface area contributed by atoms with Crippen LogP contribution in [0.25, 0.3) is 11.3 Å². The molecule has 16 heavy (non-hydrogen) atoms. The van der Waals surface area contributed by atoms with Crippen LogP contribution in [0.4, 0.5) is 0 Å². The van der Waals surface area contributed by atoms with Gasteiger partial charge in [-0.25, -0.2) is 0 Å². The highest BCUT2D eigenvalue weighted by Gasteiger charge is 2.05. The maximum absolute atomic E-state index is 4.38. The second-order valence-electron chi connectivity index (χ2n) is 4.49. The van der Waals surface area contributed by atoms with Crippen LogP contribution in [0.3, 0.4) is 0 Å². The number of hydrogen-bond donors (Lipinski definition) is 0. The van der Waals surface area contributed by atoms with Gasteiger partial charge in [-0.3, -0.25) is 4.68 Å². The average Bonchev–Trinajstić information content (AvgIpc) is 2.75. The number of aryl methyl sites for hydroxylation is 1. The van der Waals surface area contributed by atoms with E-state index < -0.39 is 0 Å². The first-order chi connectivity index (χ1) is 7.77. The van der Waals surface area contributed by atoms with Gasteiger partial charge in [0, 0.05) is 12.7 Å². The Bertz CT molecular complexity index is 429. The summed E-state index contributed by atoms with van der Waals surface area (Å²) in [6, 6.07) is 12.5.